The molecular weight excluding hydrogens is 472 g/mol. The van der Waals surface area contributed by atoms with Crippen LogP contribution >= 0.6 is 0 Å². The number of amides is 1. The van der Waals surface area contributed by atoms with Crippen LogP contribution < -0.4 is 4.90 Å². The second-order valence-corrected chi connectivity index (χ2v) is 10.7. The number of esters is 1. The highest BCUT2D eigenvalue weighted by molar-refractivity contribution is 6.08. The van der Waals surface area contributed by atoms with Crippen molar-refractivity contribution in [3.05, 3.63) is 107 Å². The van der Waals surface area contributed by atoms with Gasteiger partial charge in [0.1, 0.15) is 0 Å². The van der Waals surface area contributed by atoms with Crippen LogP contribution in [0.25, 0.3) is 22.6 Å². The predicted molar refractivity (Wildman–Crippen MR) is 153 cm³/mol. The summed E-state index contributed by atoms with van der Waals surface area (Å²) >= 11 is 0. The van der Waals surface area contributed by atoms with E-state index in [1.165, 1.54) is 10.5 Å². The summed E-state index contributed by atoms with van der Waals surface area (Å²) < 4.78 is 5.59. The molecule has 0 spiro atoms. The third-order valence-corrected chi connectivity index (χ3v) is 7.11. The van der Waals surface area contributed by atoms with Crippen LogP contribution in [0.4, 0.5) is 5.69 Å². The highest BCUT2D eigenvalue weighted by Gasteiger charge is 2.28. The van der Waals surface area contributed by atoms with E-state index in [0.717, 1.165) is 45.4 Å². The van der Waals surface area contributed by atoms with Gasteiger partial charge in [0.25, 0.3) is 5.91 Å². The van der Waals surface area contributed by atoms with Crippen molar-refractivity contribution < 1.29 is 14.3 Å². The SMILES string of the molecule is CN(C(=O)COC(=O)c1c2c(nc3ccccc13)/C(=C/c1ccc(C(C)(C)C)cc1)CC2)c1ccccc1. The van der Waals surface area contributed by atoms with Gasteiger partial charge in [-0.15, -0.1) is 0 Å². The second kappa shape index (κ2) is 10.3. The lowest BCUT2D eigenvalue weighted by Crippen LogP contribution is -2.31. The molecule has 1 aromatic heterocycles. The Labute approximate surface area is 223 Å². The van der Waals surface area contributed by atoms with Crippen molar-refractivity contribution in [2.75, 3.05) is 18.6 Å². The average molecular weight is 505 g/mol. The molecule has 0 fully saturated rings. The Balaban J connectivity index is 1.44. The van der Waals surface area contributed by atoms with E-state index in [2.05, 4.69) is 51.1 Å². The molecule has 5 nitrogen and oxygen atoms in total. The van der Waals surface area contributed by atoms with Crippen molar-refractivity contribution in [3.8, 4) is 0 Å². The Bertz CT molecular complexity index is 1530. The average Bonchev–Trinajstić information content (AvgIpc) is 3.31. The van der Waals surface area contributed by atoms with E-state index >= 15 is 0 Å². The zero-order chi connectivity index (χ0) is 26.9. The zero-order valence-electron chi connectivity index (χ0n) is 22.3. The van der Waals surface area contributed by atoms with Crippen molar-refractivity contribution in [2.45, 2.75) is 39.0 Å². The lowest BCUT2D eigenvalue weighted by Gasteiger charge is -2.18. The number of hydrogen-bond donors (Lipinski definition) is 0. The monoisotopic (exact) mass is 504 g/mol. The van der Waals surface area contributed by atoms with Gasteiger partial charge in [0.05, 0.1) is 16.8 Å². The minimum Gasteiger partial charge on any atom is -0.452 e. The summed E-state index contributed by atoms with van der Waals surface area (Å²) in [6.45, 7) is 6.28. The molecule has 1 amide bonds. The van der Waals surface area contributed by atoms with E-state index in [4.69, 9.17) is 9.72 Å². The maximum Gasteiger partial charge on any atom is 0.339 e. The van der Waals surface area contributed by atoms with E-state index in [9.17, 15) is 9.59 Å². The maximum atomic E-state index is 13.4. The summed E-state index contributed by atoms with van der Waals surface area (Å²) in [5, 5.41) is 0.746. The molecule has 0 N–H and O–H groups in total. The standard InChI is InChI=1S/C33H32N2O3/c1-33(2,3)24-17-14-22(15-18-24)20-23-16-19-27-30(26-12-8-9-13-28(26)34-31(23)27)32(37)38-21-29(36)35(4)25-10-6-5-7-11-25/h5-15,17-18,20H,16,19,21H2,1-4H3/b23-20+. The zero-order valence-corrected chi connectivity index (χ0v) is 22.3. The number of carbonyl (C=O) groups is 2. The quantitative estimate of drug-likeness (QED) is 0.279. The lowest BCUT2D eigenvalue weighted by molar-refractivity contribution is -0.121. The Kier molecular flexibility index (Phi) is 6.85. The van der Waals surface area contributed by atoms with Gasteiger partial charge in [-0.3, -0.25) is 4.79 Å². The molecule has 0 saturated carbocycles. The number of ether oxygens (including phenoxy) is 1. The van der Waals surface area contributed by atoms with Crippen molar-refractivity contribution in [1.82, 2.24) is 4.98 Å². The number of anilines is 1. The third-order valence-electron chi connectivity index (χ3n) is 7.11. The molecule has 0 unspecified atom stereocenters. The number of carbonyl (C=O) groups excluding carboxylic acids is 2. The molecular formula is C33H32N2O3. The first kappa shape index (κ1) is 25.4. The Hall–Kier alpha value is -4.25. The first-order chi connectivity index (χ1) is 18.2. The fourth-order valence-corrected chi connectivity index (χ4v) is 4.88. The number of aromatic nitrogens is 1. The van der Waals surface area contributed by atoms with Crippen LogP contribution in [0, 0.1) is 0 Å². The number of pyridine rings is 1. The van der Waals surface area contributed by atoms with Crippen LogP contribution in [0.5, 0.6) is 0 Å². The van der Waals surface area contributed by atoms with Gasteiger partial charge in [0.2, 0.25) is 0 Å². The first-order valence-electron chi connectivity index (χ1n) is 12.9. The smallest absolute Gasteiger partial charge is 0.339 e. The molecule has 1 aliphatic rings. The first-order valence-corrected chi connectivity index (χ1v) is 12.9. The molecule has 0 saturated heterocycles. The molecule has 0 bridgehead atoms. The minimum absolute atomic E-state index is 0.0959. The van der Waals surface area contributed by atoms with Gasteiger partial charge < -0.3 is 9.64 Å². The van der Waals surface area contributed by atoms with E-state index in [1.54, 1.807) is 7.05 Å². The topological polar surface area (TPSA) is 59.5 Å². The normalized spacial score (nSPS) is 13.9. The molecule has 38 heavy (non-hydrogen) atoms. The Morgan fingerprint density at radius 1 is 0.921 bits per heavy atom. The third kappa shape index (κ3) is 5.10. The number of fused-ring (bicyclic) bond motifs is 2. The van der Waals surface area contributed by atoms with Crippen LogP contribution in [0.1, 0.15) is 59.9 Å². The van der Waals surface area contributed by atoms with Crippen LogP contribution in [-0.4, -0.2) is 30.5 Å². The predicted octanol–water partition coefficient (Wildman–Crippen LogP) is 6.84. The highest BCUT2D eigenvalue weighted by Crippen LogP contribution is 2.38. The number of likely N-dealkylation sites (N-methyl/N-ethyl adjacent to an activating group) is 1. The summed E-state index contributed by atoms with van der Waals surface area (Å²) in [5.41, 5.74) is 7.30. The molecule has 1 heterocycles. The number of allylic oxidation sites excluding steroid dienone is 1. The van der Waals surface area contributed by atoms with E-state index in [1.807, 2.05) is 54.6 Å². The summed E-state index contributed by atoms with van der Waals surface area (Å²) in [6, 6.07) is 25.5. The van der Waals surface area contributed by atoms with E-state index < -0.39 is 5.97 Å². The fourth-order valence-electron chi connectivity index (χ4n) is 4.88. The highest BCUT2D eigenvalue weighted by atomic mass is 16.5. The molecule has 0 aliphatic heterocycles. The van der Waals surface area contributed by atoms with Gasteiger partial charge in [0, 0.05) is 18.1 Å². The summed E-state index contributed by atoms with van der Waals surface area (Å²) in [5.74, 6) is -0.788. The van der Waals surface area contributed by atoms with E-state index in [0.29, 0.717) is 12.0 Å². The Morgan fingerprint density at radius 3 is 2.32 bits per heavy atom. The summed E-state index contributed by atoms with van der Waals surface area (Å²) in [4.78, 5) is 32.6. The number of rotatable bonds is 5. The van der Waals surface area contributed by atoms with Crippen LogP contribution in [0.2, 0.25) is 0 Å². The fraction of sp³-hybridized carbons (Fsp3) is 0.242. The molecule has 1 aliphatic carbocycles. The second-order valence-electron chi connectivity index (χ2n) is 10.7. The number of benzene rings is 3. The van der Waals surface area contributed by atoms with Gasteiger partial charge in [-0.2, -0.15) is 0 Å². The van der Waals surface area contributed by atoms with Crippen LogP contribution in [0.15, 0.2) is 78.9 Å². The molecule has 3 aromatic carbocycles. The van der Waals surface area contributed by atoms with Crippen molar-refractivity contribution >= 4 is 40.1 Å². The molecule has 5 heteroatoms. The largest absolute Gasteiger partial charge is 0.452 e. The molecule has 4 aromatic rings. The lowest BCUT2D eigenvalue weighted by atomic mass is 9.86. The van der Waals surface area contributed by atoms with Gasteiger partial charge >= 0.3 is 5.97 Å². The summed E-state index contributed by atoms with van der Waals surface area (Å²) in [6.07, 6.45) is 3.64. The van der Waals surface area contributed by atoms with Gasteiger partial charge in [-0.1, -0.05) is 81.4 Å². The van der Waals surface area contributed by atoms with Gasteiger partial charge in [0.15, 0.2) is 6.61 Å². The molecule has 5 rings (SSSR count). The number of para-hydroxylation sites is 2. The van der Waals surface area contributed by atoms with Crippen molar-refractivity contribution in [2.24, 2.45) is 0 Å². The molecule has 192 valence electrons. The minimum atomic E-state index is -0.495. The van der Waals surface area contributed by atoms with Crippen molar-refractivity contribution in [3.63, 3.8) is 0 Å². The number of hydrogen-bond acceptors (Lipinski definition) is 4. The summed E-state index contributed by atoms with van der Waals surface area (Å²) in [7, 11) is 1.68. The van der Waals surface area contributed by atoms with Gasteiger partial charge in [-0.05, 0) is 64.8 Å². The van der Waals surface area contributed by atoms with Crippen LogP contribution in [0.3, 0.4) is 0 Å². The maximum absolute atomic E-state index is 13.4. The molecule has 0 atom stereocenters. The molecule has 0 radical (unpaired) electrons. The van der Waals surface area contributed by atoms with Crippen LogP contribution in [-0.2, 0) is 21.4 Å². The number of nitrogens with zero attached hydrogens (tertiary/aromatic N) is 2. The van der Waals surface area contributed by atoms with Gasteiger partial charge in [-0.25, -0.2) is 9.78 Å². The Morgan fingerprint density at radius 2 is 1.61 bits per heavy atom. The van der Waals surface area contributed by atoms with Crippen molar-refractivity contribution in [1.29, 1.82) is 0 Å². The van der Waals surface area contributed by atoms with E-state index in [-0.39, 0.29) is 17.9 Å².